The van der Waals surface area contributed by atoms with Crippen molar-refractivity contribution in [1.29, 1.82) is 0 Å². The maximum atomic E-state index is 6.08. The standard InChI is InChI=1S/C17H21BrClN/c1-2-20(15-8-4-3-5-9-15)12-6-7-14-10-11-16(18)17(19)13-14/h10-11,13,15H,2-5,8-9,12H2,1H3. The molecule has 3 heteroatoms. The summed E-state index contributed by atoms with van der Waals surface area (Å²) < 4.78 is 0.919. The molecule has 1 aromatic rings. The highest BCUT2D eigenvalue weighted by Gasteiger charge is 2.18. The van der Waals surface area contributed by atoms with Crippen LogP contribution in [0, 0.1) is 11.8 Å². The lowest BCUT2D eigenvalue weighted by molar-refractivity contribution is 0.183. The molecule has 1 fully saturated rings. The number of hydrogen-bond donors (Lipinski definition) is 0. The summed E-state index contributed by atoms with van der Waals surface area (Å²) in [5.74, 6) is 6.52. The number of nitrogens with zero attached hydrogens (tertiary/aromatic N) is 1. The largest absolute Gasteiger partial charge is 0.290 e. The average molecular weight is 355 g/mol. The Morgan fingerprint density at radius 1 is 1.30 bits per heavy atom. The van der Waals surface area contributed by atoms with Crippen molar-refractivity contribution in [3.63, 3.8) is 0 Å². The summed E-state index contributed by atoms with van der Waals surface area (Å²) in [6.07, 6.45) is 6.81. The number of benzene rings is 1. The summed E-state index contributed by atoms with van der Waals surface area (Å²) in [6, 6.07) is 6.59. The molecule has 20 heavy (non-hydrogen) atoms. The van der Waals surface area contributed by atoms with E-state index < -0.39 is 0 Å². The van der Waals surface area contributed by atoms with Crippen LogP contribution in [0.25, 0.3) is 0 Å². The van der Waals surface area contributed by atoms with Crippen molar-refractivity contribution in [2.45, 2.75) is 45.1 Å². The Bertz CT molecular complexity index is 497. The summed E-state index contributed by atoms with van der Waals surface area (Å²) in [7, 11) is 0. The van der Waals surface area contributed by atoms with Gasteiger partial charge in [-0.25, -0.2) is 0 Å². The van der Waals surface area contributed by atoms with E-state index in [2.05, 4.69) is 39.6 Å². The van der Waals surface area contributed by atoms with Crippen LogP contribution in [0.4, 0.5) is 0 Å². The number of hydrogen-bond acceptors (Lipinski definition) is 1. The molecule has 0 heterocycles. The second kappa shape index (κ2) is 8.08. The van der Waals surface area contributed by atoms with Crippen molar-refractivity contribution < 1.29 is 0 Å². The molecule has 1 aliphatic rings. The highest BCUT2D eigenvalue weighted by molar-refractivity contribution is 9.10. The van der Waals surface area contributed by atoms with E-state index >= 15 is 0 Å². The van der Waals surface area contributed by atoms with Gasteiger partial charge in [0, 0.05) is 16.1 Å². The van der Waals surface area contributed by atoms with Crippen LogP contribution in [-0.2, 0) is 0 Å². The van der Waals surface area contributed by atoms with Gasteiger partial charge in [-0.3, -0.25) is 4.90 Å². The quantitative estimate of drug-likeness (QED) is 0.682. The lowest BCUT2D eigenvalue weighted by Crippen LogP contribution is -2.36. The third-order valence-electron chi connectivity index (χ3n) is 3.93. The molecule has 1 aromatic carbocycles. The van der Waals surface area contributed by atoms with E-state index in [1.807, 2.05) is 18.2 Å². The lowest BCUT2D eigenvalue weighted by Gasteiger charge is -2.32. The summed E-state index contributed by atoms with van der Waals surface area (Å²) in [5, 5.41) is 0.719. The summed E-state index contributed by atoms with van der Waals surface area (Å²) in [6.45, 7) is 4.17. The van der Waals surface area contributed by atoms with E-state index in [4.69, 9.17) is 11.6 Å². The molecule has 0 radical (unpaired) electrons. The number of rotatable bonds is 3. The van der Waals surface area contributed by atoms with Crippen LogP contribution >= 0.6 is 27.5 Å². The Kier molecular flexibility index (Phi) is 6.42. The summed E-state index contributed by atoms with van der Waals surface area (Å²) in [5.41, 5.74) is 0.984. The maximum absolute atomic E-state index is 6.08. The van der Waals surface area contributed by atoms with Crippen molar-refractivity contribution in [3.05, 3.63) is 33.3 Å². The van der Waals surface area contributed by atoms with Gasteiger partial charge >= 0.3 is 0 Å². The van der Waals surface area contributed by atoms with Crippen LogP contribution in [0.15, 0.2) is 22.7 Å². The first-order valence-corrected chi connectivity index (χ1v) is 8.55. The van der Waals surface area contributed by atoms with Crippen molar-refractivity contribution in [3.8, 4) is 11.8 Å². The van der Waals surface area contributed by atoms with Crippen LogP contribution in [0.5, 0.6) is 0 Å². The predicted octanol–water partition coefficient (Wildman–Crippen LogP) is 5.11. The topological polar surface area (TPSA) is 3.24 Å². The first-order valence-electron chi connectivity index (χ1n) is 7.38. The van der Waals surface area contributed by atoms with Crippen LogP contribution in [-0.4, -0.2) is 24.0 Å². The molecule has 1 saturated carbocycles. The molecule has 0 unspecified atom stereocenters. The minimum Gasteiger partial charge on any atom is -0.290 e. The van der Waals surface area contributed by atoms with Gasteiger partial charge in [-0.05, 0) is 53.5 Å². The lowest BCUT2D eigenvalue weighted by atomic mass is 9.94. The van der Waals surface area contributed by atoms with Crippen molar-refractivity contribution >= 4 is 27.5 Å². The number of halogens is 2. The van der Waals surface area contributed by atoms with E-state index in [1.165, 1.54) is 32.1 Å². The fourth-order valence-corrected chi connectivity index (χ4v) is 3.19. The first kappa shape index (κ1) is 15.9. The molecule has 0 spiro atoms. The Morgan fingerprint density at radius 3 is 2.70 bits per heavy atom. The van der Waals surface area contributed by atoms with Gasteiger partial charge in [-0.1, -0.05) is 49.6 Å². The zero-order valence-electron chi connectivity index (χ0n) is 12.0. The van der Waals surface area contributed by atoms with Crippen molar-refractivity contribution in [2.24, 2.45) is 0 Å². The molecule has 0 bridgehead atoms. The van der Waals surface area contributed by atoms with Gasteiger partial charge in [0.2, 0.25) is 0 Å². The summed E-state index contributed by atoms with van der Waals surface area (Å²) in [4.78, 5) is 2.51. The fourth-order valence-electron chi connectivity index (χ4n) is 2.76. The highest BCUT2D eigenvalue weighted by atomic mass is 79.9. The minimum atomic E-state index is 0.719. The molecule has 0 aromatic heterocycles. The van der Waals surface area contributed by atoms with Gasteiger partial charge in [-0.15, -0.1) is 0 Å². The van der Waals surface area contributed by atoms with Crippen LogP contribution in [0.1, 0.15) is 44.6 Å². The van der Waals surface area contributed by atoms with Crippen LogP contribution in [0.3, 0.4) is 0 Å². The first-order chi connectivity index (χ1) is 9.70. The third kappa shape index (κ3) is 4.52. The van der Waals surface area contributed by atoms with Gasteiger partial charge in [0.25, 0.3) is 0 Å². The van der Waals surface area contributed by atoms with Crippen LogP contribution < -0.4 is 0 Å². The van der Waals surface area contributed by atoms with E-state index in [9.17, 15) is 0 Å². The third-order valence-corrected chi connectivity index (χ3v) is 5.16. The molecule has 108 valence electrons. The maximum Gasteiger partial charge on any atom is 0.0607 e. The Hall–Kier alpha value is -0.490. The van der Waals surface area contributed by atoms with E-state index in [1.54, 1.807) is 0 Å². The van der Waals surface area contributed by atoms with Gasteiger partial charge in [0.05, 0.1) is 11.6 Å². The minimum absolute atomic E-state index is 0.719. The van der Waals surface area contributed by atoms with Gasteiger partial charge < -0.3 is 0 Å². The molecule has 0 atom stereocenters. The van der Waals surface area contributed by atoms with E-state index in [-0.39, 0.29) is 0 Å². The van der Waals surface area contributed by atoms with Gasteiger partial charge in [0.1, 0.15) is 0 Å². The predicted molar refractivity (Wildman–Crippen MR) is 90.2 cm³/mol. The molecule has 1 nitrogen and oxygen atoms in total. The molecule has 0 saturated heterocycles. The Balaban J connectivity index is 1.95. The molecule has 0 N–H and O–H groups in total. The molecule has 0 amide bonds. The summed E-state index contributed by atoms with van der Waals surface area (Å²) >= 11 is 9.47. The average Bonchev–Trinajstić information content (AvgIpc) is 2.48. The van der Waals surface area contributed by atoms with Gasteiger partial charge in [-0.2, -0.15) is 0 Å². The highest BCUT2D eigenvalue weighted by Crippen LogP contribution is 2.23. The van der Waals surface area contributed by atoms with Gasteiger partial charge in [0.15, 0.2) is 0 Å². The second-order valence-electron chi connectivity index (χ2n) is 5.29. The van der Waals surface area contributed by atoms with E-state index in [0.717, 1.165) is 34.2 Å². The van der Waals surface area contributed by atoms with Crippen LogP contribution in [0.2, 0.25) is 5.02 Å². The van der Waals surface area contributed by atoms with Crippen molar-refractivity contribution in [2.75, 3.05) is 13.1 Å². The Morgan fingerprint density at radius 2 is 2.05 bits per heavy atom. The second-order valence-corrected chi connectivity index (χ2v) is 6.55. The molecule has 2 rings (SSSR count). The molecule has 0 aliphatic heterocycles. The molecular formula is C17H21BrClN. The monoisotopic (exact) mass is 353 g/mol. The SMILES string of the molecule is CCN(CC#Cc1ccc(Br)c(Cl)c1)C1CCCCC1. The zero-order chi connectivity index (χ0) is 14.4. The fraction of sp³-hybridized carbons (Fsp3) is 0.529. The Labute approximate surface area is 135 Å². The molecule has 1 aliphatic carbocycles. The normalized spacial score (nSPS) is 16.0. The molecular weight excluding hydrogens is 334 g/mol. The van der Waals surface area contributed by atoms with Crippen molar-refractivity contribution in [1.82, 2.24) is 4.90 Å². The smallest absolute Gasteiger partial charge is 0.0607 e. The van der Waals surface area contributed by atoms with E-state index in [0.29, 0.717) is 0 Å². The zero-order valence-corrected chi connectivity index (χ0v) is 14.3.